The molecular weight excluding hydrogens is 346 g/mol. The Hall–Kier alpha value is -2.08. The molecule has 0 radical (unpaired) electrons. The highest BCUT2D eigenvalue weighted by Gasteiger charge is 2.24. The predicted octanol–water partition coefficient (Wildman–Crippen LogP) is 3.68. The third kappa shape index (κ3) is 4.01. The fourth-order valence-electron chi connectivity index (χ4n) is 3.40. The summed E-state index contributed by atoms with van der Waals surface area (Å²) in [6.45, 7) is 5.90. The van der Waals surface area contributed by atoms with Gasteiger partial charge in [-0.15, -0.1) is 6.58 Å². The zero-order chi connectivity index (χ0) is 18.5. The summed E-state index contributed by atoms with van der Waals surface area (Å²) >= 11 is 1.36. The molecule has 1 saturated carbocycles. The van der Waals surface area contributed by atoms with Gasteiger partial charge in [0, 0.05) is 12.6 Å². The van der Waals surface area contributed by atoms with Gasteiger partial charge in [-0.1, -0.05) is 49.2 Å². The van der Waals surface area contributed by atoms with Crippen LogP contribution < -0.4 is 10.9 Å². The van der Waals surface area contributed by atoms with Gasteiger partial charge >= 0.3 is 0 Å². The number of fused-ring (bicyclic) bond motifs is 1. The Morgan fingerprint density at radius 2 is 2.12 bits per heavy atom. The number of carbonyl (C=O) groups is 1. The number of hydrogen-bond acceptors (Lipinski definition) is 4. The molecule has 1 N–H and O–H groups in total. The Labute approximate surface area is 157 Å². The third-order valence-electron chi connectivity index (χ3n) is 4.79. The van der Waals surface area contributed by atoms with Gasteiger partial charge in [0.05, 0.1) is 16.2 Å². The van der Waals surface area contributed by atoms with Crippen LogP contribution in [0, 0.1) is 0 Å². The minimum Gasteiger partial charge on any atom is -0.352 e. The summed E-state index contributed by atoms with van der Waals surface area (Å²) in [4.78, 5) is 30.2. The second-order valence-corrected chi connectivity index (χ2v) is 7.98. The lowest BCUT2D eigenvalue weighted by Crippen LogP contribution is -2.33. The number of nitrogens with one attached hydrogen (secondary N) is 1. The number of rotatable bonds is 6. The molecule has 26 heavy (non-hydrogen) atoms. The summed E-state index contributed by atoms with van der Waals surface area (Å²) in [5.74, 6) is -0.0764. The molecular formula is C20H25N3O2S. The SMILES string of the molecule is C=CCNC(=O)[C@H](C)Sc1nc2ccccc2c(=O)n1C1CCCCC1. The van der Waals surface area contributed by atoms with Crippen molar-refractivity contribution in [3.05, 3.63) is 47.3 Å². The molecule has 1 aliphatic carbocycles. The molecule has 0 unspecified atom stereocenters. The van der Waals surface area contributed by atoms with E-state index in [-0.39, 0.29) is 22.8 Å². The molecule has 138 valence electrons. The van der Waals surface area contributed by atoms with Crippen molar-refractivity contribution in [2.75, 3.05) is 6.54 Å². The first-order valence-corrected chi connectivity index (χ1v) is 10.1. The quantitative estimate of drug-likeness (QED) is 0.478. The fraction of sp³-hybridized carbons (Fsp3) is 0.450. The van der Waals surface area contributed by atoms with Crippen molar-refractivity contribution in [1.29, 1.82) is 0 Å². The number of nitrogens with zero attached hydrogens (tertiary/aromatic N) is 2. The van der Waals surface area contributed by atoms with Crippen LogP contribution >= 0.6 is 11.8 Å². The maximum absolute atomic E-state index is 13.2. The van der Waals surface area contributed by atoms with Gasteiger partial charge in [0.1, 0.15) is 0 Å². The van der Waals surface area contributed by atoms with E-state index in [2.05, 4.69) is 11.9 Å². The zero-order valence-corrected chi connectivity index (χ0v) is 15.9. The van der Waals surface area contributed by atoms with E-state index in [1.165, 1.54) is 18.2 Å². The summed E-state index contributed by atoms with van der Waals surface area (Å²) in [5.41, 5.74) is 0.689. The van der Waals surface area contributed by atoms with Gasteiger partial charge in [0.25, 0.3) is 5.56 Å². The van der Waals surface area contributed by atoms with E-state index in [9.17, 15) is 9.59 Å². The minimum atomic E-state index is -0.335. The zero-order valence-electron chi connectivity index (χ0n) is 15.1. The third-order valence-corrected chi connectivity index (χ3v) is 5.85. The summed E-state index contributed by atoms with van der Waals surface area (Å²) in [6.07, 6.45) is 7.11. The summed E-state index contributed by atoms with van der Waals surface area (Å²) in [7, 11) is 0. The number of para-hydroxylation sites is 1. The molecule has 0 spiro atoms. The maximum Gasteiger partial charge on any atom is 0.262 e. The highest BCUT2D eigenvalue weighted by Crippen LogP contribution is 2.32. The average Bonchev–Trinajstić information content (AvgIpc) is 2.67. The monoisotopic (exact) mass is 371 g/mol. The lowest BCUT2D eigenvalue weighted by molar-refractivity contribution is -0.120. The molecule has 0 bridgehead atoms. The Balaban J connectivity index is 2.00. The second-order valence-electron chi connectivity index (χ2n) is 6.67. The van der Waals surface area contributed by atoms with Gasteiger partial charge in [-0.2, -0.15) is 0 Å². The largest absolute Gasteiger partial charge is 0.352 e. The van der Waals surface area contributed by atoms with Crippen molar-refractivity contribution in [2.45, 2.75) is 55.5 Å². The summed E-state index contributed by atoms with van der Waals surface area (Å²) in [5, 5.41) is 3.76. The van der Waals surface area contributed by atoms with Crippen LogP contribution in [0.2, 0.25) is 0 Å². The van der Waals surface area contributed by atoms with Crippen molar-refractivity contribution in [3.8, 4) is 0 Å². The number of hydrogen-bond donors (Lipinski definition) is 1. The molecule has 1 heterocycles. The van der Waals surface area contributed by atoms with Crippen LogP contribution in [0.1, 0.15) is 45.1 Å². The van der Waals surface area contributed by atoms with E-state index in [4.69, 9.17) is 4.98 Å². The van der Waals surface area contributed by atoms with Crippen molar-refractivity contribution in [1.82, 2.24) is 14.9 Å². The van der Waals surface area contributed by atoms with Crippen molar-refractivity contribution in [2.24, 2.45) is 0 Å². The number of aromatic nitrogens is 2. The molecule has 3 rings (SSSR count). The van der Waals surface area contributed by atoms with E-state index in [0.29, 0.717) is 22.6 Å². The average molecular weight is 372 g/mol. The van der Waals surface area contributed by atoms with Crippen molar-refractivity contribution < 1.29 is 4.79 Å². The first-order valence-electron chi connectivity index (χ1n) is 9.18. The molecule has 6 heteroatoms. The highest BCUT2D eigenvalue weighted by molar-refractivity contribution is 8.00. The molecule has 5 nitrogen and oxygen atoms in total. The first-order chi connectivity index (χ1) is 12.6. The van der Waals surface area contributed by atoms with Crippen LogP contribution in [0.5, 0.6) is 0 Å². The highest BCUT2D eigenvalue weighted by atomic mass is 32.2. The van der Waals surface area contributed by atoms with Gasteiger partial charge in [0.15, 0.2) is 5.16 Å². The van der Waals surface area contributed by atoms with Gasteiger partial charge in [-0.05, 0) is 31.9 Å². The van der Waals surface area contributed by atoms with E-state index < -0.39 is 0 Å². The molecule has 0 aliphatic heterocycles. The van der Waals surface area contributed by atoms with E-state index in [1.807, 2.05) is 35.8 Å². The van der Waals surface area contributed by atoms with Crippen LogP contribution in [-0.2, 0) is 4.79 Å². The summed E-state index contributed by atoms with van der Waals surface area (Å²) in [6, 6.07) is 7.61. The van der Waals surface area contributed by atoms with Crippen LogP contribution in [0.15, 0.2) is 46.9 Å². The fourth-order valence-corrected chi connectivity index (χ4v) is 4.40. The Morgan fingerprint density at radius 3 is 2.85 bits per heavy atom. The van der Waals surface area contributed by atoms with E-state index >= 15 is 0 Å². The lowest BCUT2D eigenvalue weighted by Gasteiger charge is -2.26. The van der Waals surface area contributed by atoms with Crippen molar-refractivity contribution >= 4 is 28.6 Å². The molecule has 1 amide bonds. The first kappa shape index (κ1) is 18.7. The Kier molecular flexibility index (Phi) is 6.14. The van der Waals surface area contributed by atoms with E-state index in [1.54, 1.807) is 6.08 Å². The topological polar surface area (TPSA) is 64.0 Å². The molecule has 1 aromatic heterocycles. The van der Waals surface area contributed by atoms with Gasteiger partial charge in [-0.25, -0.2) is 4.98 Å². The Bertz CT molecular complexity index is 856. The maximum atomic E-state index is 13.2. The van der Waals surface area contributed by atoms with Gasteiger partial charge in [0.2, 0.25) is 5.91 Å². The predicted molar refractivity (Wildman–Crippen MR) is 107 cm³/mol. The Morgan fingerprint density at radius 1 is 1.38 bits per heavy atom. The summed E-state index contributed by atoms with van der Waals surface area (Å²) < 4.78 is 1.84. The number of thioether (sulfide) groups is 1. The molecule has 1 fully saturated rings. The molecule has 0 saturated heterocycles. The van der Waals surface area contributed by atoms with Crippen molar-refractivity contribution in [3.63, 3.8) is 0 Å². The molecule has 2 aromatic rings. The normalized spacial score (nSPS) is 16.3. The number of carbonyl (C=O) groups excluding carboxylic acids is 1. The van der Waals surface area contributed by atoms with Crippen LogP contribution in [-0.4, -0.2) is 27.3 Å². The minimum absolute atomic E-state index is 0.00343. The van der Waals surface area contributed by atoms with Crippen LogP contribution in [0.4, 0.5) is 0 Å². The lowest BCUT2D eigenvalue weighted by atomic mass is 9.95. The molecule has 1 atom stereocenters. The molecule has 1 aromatic carbocycles. The number of benzene rings is 1. The van der Waals surface area contributed by atoms with Gasteiger partial charge < -0.3 is 5.32 Å². The van der Waals surface area contributed by atoms with E-state index in [0.717, 1.165) is 25.7 Å². The van der Waals surface area contributed by atoms with Gasteiger partial charge in [-0.3, -0.25) is 14.2 Å². The smallest absolute Gasteiger partial charge is 0.262 e. The second kappa shape index (κ2) is 8.54. The number of amides is 1. The van der Waals surface area contributed by atoms with Crippen LogP contribution in [0.25, 0.3) is 10.9 Å². The van der Waals surface area contributed by atoms with Crippen LogP contribution in [0.3, 0.4) is 0 Å². The molecule has 1 aliphatic rings. The standard InChI is InChI=1S/C20H25N3O2S/c1-3-13-21-18(24)14(2)26-20-22-17-12-8-7-11-16(17)19(25)23(20)15-9-5-4-6-10-15/h3,7-8,11-12,14-15H,1,4-6,9-10,13H2,2H3,(H,21,24)/t14-/m0/s1.